The number of hydrogen-bond acceptors (Lipinski definition) is 4. The predicted octanol–water partition coefficient (Wildman–Crippen LogP) is 2.55. The standard InChI is InChI=1S/C17H20N2O3S/c20-16(18-7-3-15-2-1-11-23-15)13-4-8-19(9-5-13)17(21)14-6-10-22-12-14/h1-2,6,10-13H,3-5,7-9H2,(H,18,20). The van der Waals surface area contributed by atoms with Gasteiger partial charge in [-0.3, -0.25) is 9.59 Å². The van der Waals surface area contributed by atoms with Gasteiger partial charge in [0.05, 0.1) is 11.8 Å². The van der Waals surface area contributed by atoms with Gasteiger partial charge in [0.25, 0.3) is 5.91 Å². The maximum absolute atomic E-state index is 12.2. The monoisotopic (exact) mass is 332 g/mol. The van der Waals surface area contributed by atoms with Crippen molar-refractivity contribution in [2.45, 2.75) is 19.3 Å². The molecule has 6 heteroatoms. The molecule has 0 bridgehead atoms. The molecular weight excluding hydrogens is 312 g/mol. The minimum atomic E-state index is -0.0182. The van der Waals surface area contributed by atoms with E-state index < -0.39 is 0 Å². The topological polar surface area (TPSA) is 62.6 Å². The van der Waals surface area contributed by atoms with E-state index >= 15 is 0 Å². The van der Waals surface area contributed by atoms with Crippen molar-refractivity contribution in [3.05, 3.63) is 46.5 Å². The summed E-state index contributed by atoms with van der Waals surface area (Å²) in [6.45, 7) is 1.91. The molecular formula is C17H20N2O3S. The van der Waals surface area contributed by atoms with Crippen LogP contribution < -0.4 is 5.32 Å². The number of piperidine rings is 1. The Kier molecular flexibility index (Phi) is 5.12. The third-order valence-electron chi connectivity index (χ3n) is 4.17. The highest BCUT2D eigenvalue weighted by Crippen LogP contribution is 2.19. The third kappa shape index (κ3) is 4.01. The van der Waals surface area contributed by atoms with Gasteiger partial charge in [0.1, 0.15) is 6.26 Å². The highest BCUT2D eigenvalue weighted by molar-refractivity contribution is 7.09. The van der Waals surface area contributed by atoms with E-state index in [1.165, 1.54) is 17.4 Å². The fourth-order valence-electron chi connectivity index (χ4n) is 2.82. The van der Waals surface area contributed by atoms with Crippen LogP contribution in [0, 0.1) is 5.92 Å². The van der Waals surface area contributed by atoms with Gasteiger partial charge in [0, 0.05) is 30.4 Å². The Labute approximate surface area is 139 Å². The van der Waals surface area contributed by atoms with Crippen LogP contribution in [0.1, 0.15) is 28.1 Å². The van der Waals surface area contributed by atoms with Gasteiger partial charge in [-0.1, -0.05) is 6.07 Å². The Morgan fingerprint density at radius 2 is 2.13 bits per heavy atom. The average molecular weight is 332 g/mol. The van der Waals surface area contributed by atoms with E-state index in [0.29, 0.717) is 38.0 Å². The average Bonchev–Trinajstić information content (AvgIpc) is 3.28. The van der Waals surface area contributed by atoms with Crippen LogP contribution in [0.5, 0.6) is 0 Å². The van der Waals surface area contributed by atoms with Crippen LogP contribution in [0.25, 0.3) is 0 Å². The molecule has 122 valence electrons. The Balaban J connectivity index is 1.41. The van der Waals surface area contributed by atoms with Crippen LogP contribution in [0.15, 0.2) is 40.5 Å². The summed E-state index contributed by atoms with van der Waals surface area (Å²) in [6.07, 6.45) is 5.27. The predicted molar refractivity (Wildman–Crippen MR) is 88.4 cm³/mol. The second kappa shape index (κ2) is 7.46. The lowest BCUT2D eigenvalue weighted by Gasteiger charge is -2.31. The molecule has 2 amide bonds. The first kappa shape index (κ1) is 15.8. The summed E-state index contributed by atoms with van der Waals surface area (Å²) in [4.78, 5) is 27.5. The largest absolute Gasteiger partial charge is 0.472 e. The fraction of sp³-hybridized carbons (Fsp3) is 0.412. The molecule has 3 rings (SSSR count). The van der Waals surface area contributed by atoms with E-state index in [1.807, 2.05) is 11.4 Å². The number of carbonyl (C=O) groups excluding carboxylic acids is 2. The Hall–Kier alpha value is -2.08. The highest BCUT2D eigenvalue weighted by atomic mass is 32.1. The van der Waals surface area contributed by atoms with Crippen LogP contribution in [0.3, 0.4) is 0 Å². The van der Waals surface area contributed by atoms with E-state index in [0.717, 1.165) is 6.42 Å². The first-order valence-corrected chi connectivity index (χ1v) is 8.73. The Morgan fingerprint density at radius 1 is 1.30 bits per heavy atom. The van der Waals surface area contributed by atoms with Crippen molar-refractivity contribution in [3.63, 3.8) is 0 Å². The lowest BCUT2D eigenvalue weighted by atomic mass is 9.95. The normalized spacial score (nSPS) is 15.6. The summed E-state index contributed by atoms with van der Waals surface area (Å²) >= 11 is 1.71. The number of hydrogen-bond donors (Lipinski definition) is 1. The zero-order valence-electron chi connectivity index (χ0n) is 12.9. The maximum Gasteiger partial charge on any atom is 0.257 e. The molecule has 2 aromatic rings. The molecule has 0 aromatic carbocycles. The molecule has 3 heterocycles. The van der Waals surface area contributed by atoms with Gasteiger partial charge < -0.3 is 14.6 Å². The van der Waals surface area contributed by atoms with Gasteiger partial charge in [0.15, 0.2) is 0 Å². The molecule has 0 saturated carbocycles. The second-order valence-electron chi connectivity index (χ2n) is 5.70. The maximum atomic E-state index is 12.2. The number of rotatable bonds is 5. The van der Waals surface area contributed by atoms with Crippen molar-refractivity contribution >= 4 is 23.2 Å². The molecule has 1 aliphatic heterocycles. The van der Waals surface area contributed by atoms with Gasteiger partial charge in [-0.15, -0.1) is 11.3 Å². The molecule has 1 fully saturated rings. The molecule has 1 aliphatic rings. The second-order valence-corrected chi connectivity index (χ2v) is 6.73. The summed E-state index contributed by atoms with van der Waals surface area (Å²) in [5, 5.41) is 5.06. The smallest absolute Gasteiger partial charge is 0.257 e. The minimum absolute atomic E-state index is 0.00624. The third-order valence-corrected chi connectivity index (χ3v) is 5.11. The van der Waals surface area contributed by atoms with E-state index in [4.69, 9.17) is 4.42 Å². The zero-order valence-corrected chi connectivity index (χ0v) is 13.7. The summed E-state index contributed by atoms with van der Waals surface area (Å²) in [6, 6.07) is 5.77. The Bertz CT molecular complexity index is 629. The Morgan fingerprint density at radius 3 is 2.78 bits per heavy atom. The van der Waals surface area contributed by atoms with Gasteiger partial charge in [-0.2, -0.15) is 0 Å². The van der Waals surface area contributed by atoms with E-state index in [-0.39, 0.29) is 17.7 Å². The lowest BCUT2D eigenvalue weighted by Crippen LogP contribution is -2.43. The molecule has 2 aromatic heterocycles. The summed E-state index contributed by atoms with van der Waals surface area (Å²) in [5.74, 6) is 0.0963. The first-order chi connectivity index (χ1) is 11.2. The molecule has 0 aliphatic carbocycles. The number of amides is 2. The molecule has 0 atom stereocenters. The molecule has 1 N–H and O–H groups in total. The molecule has 0 radical (unpaired) electrons. The number of nitrogens with zero attached hydrogens (tertiary/aromatic N) is 1. The summed E-state index contributed by atoms with van der Waals surface area (Å²) < 4.78 is 4.95. The van der Waals surface area contributed by atoms with Crippen LogP contribution in [0.2, 0.25) is 0 Å². The highest BCUT2D eigenvalue weighted by Gasteiger charge is 2.27. The summed E-state index contributed by atoms with van der Waals surface area (Å²) in [5.41, 5.74) is 0.573. The van der Waals surface area contributed by atoms with Crippen molar-refractivity contribution in [3.8, 4) is 0 Å². The van der Waals surface area contributed by atoms with Crippen LogP contribution in [-0.2, 0) is 11.2 Å². The van der Waals surface area contributed by atoms with Gasteiger partial charge >= 0.3 is 0 Å². The molecule has 23 heavy (non-hydrogen) atoms. The molecule has 0 unspecified atom stereocenters. The fourth-order valence-corrected chi connectivity index (χ4v) is 3.53. The lowest BCUT2D eigenvalue weighted by molar-refractivity contribution is -0.126. The van der Waals surface area contributed by atoms with Crippen molar-refractivity contribution in [2.75, 3.05) is 19.6 Å². The van der Waals surface area contributed by atoms with Crippen molar-refractivity contribution in [1.29, 1.82) is 0 Å². The van der Waals surface area contributed by atoms with Gasteiger partial charge in [-0.25, -0.2) is 0 Å². The first-order valence-electron chi connectivity index (χ1n) is 7.85. The molecule has 5 nitrogen and oxygen atoms in total. The van der Waals surface area contributed by atoms with Gasteiger partial charge in [-0.05, 0) is 36.8 Å². The SMILES string of the molecule is O=C(NCCc1cccs1)C1CCN(C(=O)c2ccoc2)CC1. The minimum Gasteiger partial charge on any atom is -0.472 e. The van der Waals surface area contributed by atoms with Crippen LogP contribution in [0.4, 0.5) is 0 Å². The van der Waals surface area contributed by atoms with Crippen molar-refractivity contribution in [1.82, 2.24) is 10.2 Å². The zero-order chi connectivity index (χ0) is 16.1. The molecule has 0 spiro atoms. The number of carbonyl (C=O) groups is 2. The summed E-state index contributed by atoms with van der Waals surface area (Å²) in [7, 11) is 0. The number of thiophene rings is 1. The van der Waals surface area contributed by atoms with Crippen molar-refractivity contribution < 1.29 is 14.0 Å². The number of nitrogens with one attached hydrogen (secondary N) is 1. The van der Waals surface area contributed by atoms with Crippen LogP contribution >= 0.6 is 11.3 Å². The number of furan rings is 1. The van der Waals surface area contributed by atoms with E-state index in [1.54, 1.807) is 22.3 Å². The van der Waals surface area contributed by atoms with Gasteiger partial charge in [0.2, 0.25) is 5.91 Å². The van der Waals surface area contributed by atoms with Crippen molar-refractivity contribution in [2.24, 2.45) is 5.92 Å². The van der Waals surface area contributed by atoms with E-state index in [9.17, 15) is 9.59 Å². The van der Waals surface area contributed by atoms with E-state index in [2.05, 4.69) is 11.4 Å². The molecule has 1 saturated heterocycles. The quantitative estimate of drug-likeness (QED) is 0.915. The number of likely N-dealkylation sites (tertiary alicyclic amines) is 1. The van der Waals surface area contributed by atoms with Crippen LogP contribution in [-0.4, -0.2) is 36.3 Å².